The third-order valence-corrected chi connectivity index (χ3v) is 5.31. The van der Waals surface area contributed by atoms with E-state index in [0.29, 0.717) is 12.0 Å². The summed E-state index contributed by atoms with van der Waals surface area (Å²) in [6.45, 7) is 2.98. The number of nitrogens with one attached hydrogen (secondary N) is 1. The first kappa shape index (κ1) is 15.0. The lowest BCUT2D eigenvalue weighted by Gasteiger charge is -2.45. The number of hydrogen-bond donors (Lipinski definition) is 1. The molecule has 116 valence electrons. The Morgan fingerprint density at radius 1 is 1.29 bits per heavy atom. The molecule has 3 rings (SSSR count). The molecule has 1 saturated carbocycles. The second kappa shape index (κ2) is 6.45. The maximum atomic E-state index is 6.24. The van der Waals surface area contributed by atoms with Gasteiger partial charge in [0.25, 0.3) is 0 Å². The number of hydrogen-bond acceptors (Lipinski definition) is 3. The summed E-state index contributed by atoms with van der Waals surface area (Å²) in [6.07, 6.45) is 8.88. The van der Waals surface area contributed by atoms with E-state index in [1.54, 1.807) is 0 Å². The van der Waals surface area contributed by atoms with E-state index in [1.807, 2.05) is 0 Å². The molecule has 1 N–H and O–H groups in total. The average Bonchev–Trinajstić information content (AvgIpc) is 2.49. The molecule has 1 aliphatic heterocycles. The van der Waals surface area contributed by atoms with Gasteiger partial charge in [0.05, 0.1) is 17.3 Å². The molecular weight excluding hydrogens is 260 g/mol. The number of rotatable bonds is 3. The summed E-state index contributed by atoms with van der Waals surface area (Å²) in [5.41, 5.74) is 2.46. The smallest absolute Gasteiger partial charge is 0.0686 e. The molecule has 1 spiro atoms. The second-order valence-corrected chi connectivity index (χ2v) is 6.82. The molecule has 1 saturated heterocycles. The summed E-state index contributed by atoms with van der Waals surface area (Å²) in [5.74, 6) is 0.635. The van der Waals surface area contributed by atoms with Crippen LogP contribution in [0.2, 0.25) is 0 Å². The number of nitrogens with zero attached hydrogens (tertiary/aromatic N) is 1. The first-order valence-corrected chi connectivity index (χ1v) is 8.47. The van der Waals surface area contributed by atoms with Gasteiger partial charge in [-0.3, -0.25) is 4.98 Å². The molecule has 0 aromatic carbocycles. The number of pyridine rings is 1. The first-order chi connectivity index (χ1) is 10.2. The van der Waals surface area contributed by atoms with Crippen LogP contribution in [0.4, 0.5) is 0 Å². The van der Waals surface area contributed by atoms with E-state index in [2.05, 4.69) is 37.5 Å². The Hall–Kier alpha value is -0.930. The fourth-order valence-electron chi connectivity index (χ4n) is 4.26. The molecular formula is C18H28N2O. The highest BCUT2D eigenvalue weighted by Gasteiger charge is 2.41. The molecule has 1 aliphatic carbocycles. The second-order valence-electron chi connectivity index (χ2n) is 6.82. The van der Waals surface area contributed by atoms with E-state index in [0.717, 1.165) is 18.7 Å². The predicted molar refractivity (Wildman–Crippen MR) is 85.3 cm³/mol. The molecule has 3 nitrogen and oxygen atoms in total. The molecule has 0 bridgehead atoms. The van der Waals surface area contributed by atoms with Gasteiger partial charge in [-0.05, 0) is 57.7 Å². The lowest BCUT2D eigenvalue weighted by molar-refractivity contribution is -0.122. The lowest BCUT2D eigenvalue weighted by Crippen LogP contribution is -2.44. The summed E-state index contributed by atoms with van der Waals surface area (Å²) in [6, 6.07) is 6.71. The van der Waals surface area contributed by atoms with Crippen LogP contribution >= 0.6 is 0 Å². The summed E-state index contributed by atoms with van der Waals surface area (Å²) in [5, 5.41) is 3.52. The molecule has 1 aromatic rings. The van der Waals surface area contributed by atoms with Gasteiger partial charge >= 0.3 is 0 Å². The molecule has 3 heteroatoms. The van der Waals surface area contributed by atoms with Gasteiger partial charge in [0.2, 0.25) is 0 Å². The van der Waals surface area contributed by atoms with Crippen molar-refractivity contribution in [1.82, 2.24) is 10.3 Å². The average molecular weight is 288 g/mol. The van der Waals surface area contributed by atoms with Gasteiger partial charge in [0.1, 0.15) is 0 Å². The fraction of sp³-hybridized carbons (Fsp3) is 0.722. The quantitative estimate of drug-likeness (QED) is 0.919. The maximum absolute atomic E-state index is 6.24. The molecule has 0 amide bonds. The van der Waals surface area contributed by atoms with E-state index >= 15 is 0 Å². The number of aromatic nitrogens is 1. The van der Waals surface area contributed by atoms with Crippen molar-refractivity contribution < 1.29 is 4.74 Å². The van der Waals surface area contributed by atoms with E-state index in [9.17, 15) is 0 Å². The van der Waals surface area contributed by atoms with E-state index in [4.69, 9.17) is 9.72 Å². The molecule has 21 heavy (non-hydrogen) atoms. The zero-order valence-corrected chi connectivity index (χ0v) is 13.4. The zero-order valence-electron chi connectivity index (χ0n) is 13.4. The lowest BCUT2D eigenvalue weighted by atomic mass is 9.73. The minimum atomic E-state index is 0.167. The molecule has 2 unspecified atom stereocenters. The van der Waals surface area contributed by atoms with Crippen molar-refractivity contribution in [3.05, 3.63) is 29.6 Å². The Morgan fingerprint density at radius 3 is 2.81 bits per heavy atom. The van der Waals surface area contributed by atoms with Crippen LogP contribution in [0.15, 0.2) is 18.2 Å². The number of aryl methyl sites for hydroxylation is 1. The van der Waals surface area contributed by atoms with Crippen molar-refractivity contribution in [1.29, 1.82) is 0 Å². The Morgan fingerprint density at radius 2 is 2.10 bits per heavy atom. The normalized spacial score (nSPS) is 26.7. The maximum Gasteiger partial charge on any atom is 0.0686 e. The molecule has 0 radical (unpaired) electrons. The minimum Gasteiger partial charge on any atom is -0.375 e. The van der Waals surface area contributed by atoms with Crippen LogP contribution in [0, 0.1) is 12.8 Å². The largest absolute Gasteiger partial charge is 0.375 e. The van der Waals surface area contributed by atoms with Gasteiger partial charge < -0.3 is 10.1 Å². The Labute approximate surface area is 128 Å². The van der Waals surface area contributed by atoms with Crippen LogP contribution in [-0.4, -0.2) is 24.2 Å². The van der Waals surface area contributed by atoms with E-state index in [1.165, 1.54) is 44.2 Å². The van der Waals surface area contributed by atoms with Crippen molar-refractivity contribution in [3.63, 3.8) is 0 Å². The van der Waals surface area contributed by atoms with Crippen LogP contribution in [0.1, 0.15) is 62.4 Å². The van der Waals surface area contributed by atoms with E-state index in [-0.39, 0.29) is 5.60 Å². The summed E-state index contributed by atoms with van der Waals surface area (Å²) >= 11 is 0. The molecule has 2 atom stereocenters. The standard InChI is InChI=1S/C18H28N2O/c1-14-7-6-8-16(20-14)17(19-2)15-9-12-21-18(13-15)10-4-3-5-11-18/h6-8,15,17,19H,3-5,9-13H2,1-2H3. The van der Waals surface area contributed by atoms with Crippen LogP contribution < -0.4 is 5.32 Å². The van der Waals surface area contributed by atoms with Gasteiger partial charge in [0, 0.05) is 12.3 Å². The molecule has 2 fully saturated rings. The molecule has 1 aromatic heterocycles. The summed E-state index contributed by atoms with van der Waals surface area (Å²) in [7, 11) is 2.07. The monoisotopic (exact) mass is 288 g/mol. The van der Waals surface area contributed by atoms with Gasteiger partial charge in [-0.15, -0.1) is 0 Å². The van der Waals surface area contributed by atoms with E-state index < -0.39 is 0 Å². The third kappa shape index (κ3) is 3.29. The SMILES string of the molecule is CNC(c1cccc(C)n1)C1CCOC2(CCCCC2)C1. The van der Waals surface area contributed by atoms with Gasteiger partial charge in [-0.25, -0.2) is 0 Å². The van der Waals surface area contributed by atoms with Crippen LogP contribution in [0.5, 0.6) is 0 Å². The minimum absolute atomic E-state index is 0.167. The Bertz CT molecular complexity index is 463. The number of ether oxygens (including phenoxy) is 1. The van der Waals surface area contributed by atoms with Crippen LogP contribution in [-0.2, 0) is 4.74 Å². The van der Waals surface area contributed by atoms with Crippen molar-refractivity contribution in [2.75, 3.05) is 13.7 Å². The van der Waals surface area contributed by atoms with Crippen LogP contribution in [0.25, 0.3) is 0 Å². The van der Waals surface area contributed by atoms with Crippen molar-refractivity contribution in [2.45, 2.75) is 63.5 Å². The molecule has 2 aliphatic rings. The zero-order chi connectivity index (χ0) is 14.7. The van der Waals surface area contributed by atoms with Gasteiger partial charge in [-0.2, -0.15) is 0 Å². The van der Waals surface area contributed by atoms with Crippen molar-refractivity contribution >= 4 is 0 Å². The van der Waals surface area contributed by atoms with Gasteiger partial charge in [0.15, 0.2) is 0 Å². The predicted octanol–water partition coefficient (Wildman–Crippen LogP) is 3.78. The van der Waals surface area contributed by atoms with Crippen molar-refractivity contribution in [3.8, 4) is 0 Å². The third-order valence-electron chi connectivity index (χ3n) is 5.31. The fourth-order valence-corrected chi connectivity index (χ4v) is 4.26. The summed E-state index contributed by atoms with van der Waals surface area (Å²) < 4.78 is 6.24. The summed E-state index contributed by atoms with van der Waals surface area (Å²) in [4.78, 5) is 4.75. The highest BCUT2D eigenvalue weighted by molar-refractivity contribution is 5.15. The highest BCUT2D eigenvalue weighted by Crippen LogP contribution is 2.43. The first-order valence-electron chi connectivity index (χ1n) is 8.47. The Balaban J connectivity index is 1.77. The Kier molecular flexibility index (Phi) is 4.60. The molecule has 2 heterocycles. The van der Waals surface area contributed by atoms with Crippen molar-refractivity contribution in [2.24, 2.45) is 5.92 Å². The topological polar surface area (TPSA) is 34.2 Å². The highest BCUT2D eigenvalue weighted by atomic mass is 16.5. The van der Waals surface area contributed by atoms with Gasteiger partial charge in [-0.1, -0.05) is 25.3 Å². The van der Waals surface area contributed by atoms with Crippen LogP contribution in [0.3, 0.4) is 0 Å².